The molecule has 0 aliphatic rings. The second-order valence-corrected chi connectivity index (χ2v) is 4.62. The summed E-state index contributed by atoms with van der Waals surface area (Å²) in [5, 5.41) is 3.03. The number of benzene rings is 1. The summed E-state index contributed by atoms with van der Waals surface area (Å²) < 4.78 is 32.9. The SMILES string of the molecule is CNC(c1cccc(F)c1F)c1c(C)oc(C)c1C. The van der Waals surface area contributed by atoms with Crippen LogP contribution in [0, 0.1) is 32.4 Å². The smallest absolute Gasteiger partial charge is 0.163 e. The van der Waals surface area contributed by atoms with Crippen LogP contribution in [0.5, 0.6) is 0 Å². The molecule has 2 aromatic rings. The minimum Gasteiger partial charge on any atom is -0.466 e. The molecule has 0 saturated heterocycles. The molecule has 1 aromatic carbocycles. The first kappa shape index (κ1) is 13.7. The maximum Gasteiger partial charge on any atom is 0.163 e. The number of hydrogen-bond donors (Lipinski definition) is 1. The number of nitrogens with one attached hydrogen (secondary N) is 1. The van der Waals surface area contributed by atoms with Gasteiger partial charge in [0.25, 0.3) is 0 Å². The average molecular weight is 265 g/mol. The molecule has 0 aliphatic carbocycles. The topological polar surface area (TPSA) is 25.2 Å². The standard InChI is InChI=1S/C15H17F2NO/c1-8-9(2)19-10(3)13(8)15(18-4)11-6-5-7-12(16)14(11)17/h5-7,15,18H,1-4H3. The van der Waals surface area contributed by atoms with Crippen LogP contribution < -0.4 is 5.32 Å². The molecule has 2 rings (SSSR count). The van der Waals surface area contributed by atoms with Gasteiger partial charge in [-0.25, -0.2) is 8.78 Å². The molecule has 1 unspecified atom stereocenters. The Balaban J connectivity index is 2.60. The summed E-state index contributed by atoms with van der Waals surface area (Å²) in [5.41, 5.74) is 2.11. The highest BCUT2D eigenvalue weighted by atomic mass is 19.2. The summed E-state index contributed by atoms with van der Waals surface area (Å²) in [5.74, 6) is -0.143. The van der Waals surface area contributed by atoms with Gasteiger partial charge in [-0.3, -0.25) is 0 Å². The van der Waals surface area contributed by atoms with Crippen molar-refractivity contribution in [1.29, 1.82) is 0 Å². The summed E-state index contributed by atoms with van der Waals surface area (Å²) in [6.07, 6.45) is 0. The van der Waals surface area contributed by atoms with E-state index in [1.165, 1.54) is 6.07 Å². The summed E-state index contributed by atoms with van der Waals surface area (Å²) in [6, 6.07) is 3.79. The van der Waals surface area contributed by atoms with Crippen LogP contribution in [-0.4, -0.2) is 7.05 Å². The average Bonchev–Trinajstić information content (AvgIpc) is 2.62. The Morgan fingerprint density at radius 1 is 1.11 bits per heavy atom. The summed E-state index contributed by atoms with van der Waals surface area (Å²) in [4.78, 5) is 0. The van der Waals surface area contributed by atoms with Crippen LogP contribution in [0.4, 0.5) is 8.78 Å². The third kappa shape index (κ3) is 2.28. The fourth-order valence-corrected chi connectivity index (χ4v) is 2.43. The first-order valence-electron chi connectivity index (χ1n) is 6.15. The molecule has 0 saturated carbocycles. The molecule has 19 heavy (non-hydrogen) atoms. The van der Waals surface area contributed by atoms with Crippen LogP contribution in [0.25, 0.3) is 0 Å². The summed E-state index contributed by atoms with van der Waals surface area (Å²) in [6.45, 7) is 5.61. The van der Waals surface area contributed by atoms with E-state index in [0.29, 0.717) is 0 Å². The summed E-state index contributed by atoms with van der Waals surface area (Å²) in [7, 11) is 1.72. The second kappa shape index (κ2) is 5.13. The fraction of sp³-hybridized carbons (Fsp3) is 0.333. The van der Waals surface area contributed by atoms with Crippen LogP contribution in [0.15, 0.2) is 22.6 Å². The van der Waals surface area contributed by atoms with Crippen LogP contribution in [0.3, 0.4) is 0 Å². The fourth-order valence-electron chi connectivity index (χ4n) is 2.43. The third-order valence-corrected chi connectivity index (χ3v) is 3.49. The predicted octanol–water partition coefficient (Wildman–Crippen LogP) is 3.79. The molecule has 1 heterocycles. The maximum atomic E-state index is 13.9. The number of furan rings is 1. The van der Waals surface area contributed by atoms with Gasteiger partial charge in [0.2, 0.25) is 0 Å². The zero-order valence-corrected chi connectivity index (χ0v) is 11.5. The number of halogens is 2. The lowest BCUT2D eigenvalue weighted by Gasteiger charge is -2.18. The molecular weight excluding hydrogens is 248 g/mol. The van der Waals surface area contributed by atoms with Gasteiger partial charge in [0.1, 0.15) is 11.5 Å². The second-order valence-electron chi connectivity index (χ2n) is 4.62. The third-order valence-electron chi connectivity index (χ3n) is 3.49. The Labute approximate surface area is 111 Å². The van der Waals surface area contributed by atoms with Crippen molar-refractivity contribution in [2.45, 2.75) is 26.8 Å². The zero-order valence-electron chi connectivity index (χ0n) is 11.5. The van der Waals surface area contributed by atoms with Gasteiger partial charge in [-0.05, 0) is 39.4 Å². The van der Waals surface area contributed by atoms with E-state index in [4.69, 9.17) is 4.42 Å². The summed E-state index contributed by atoms with van der Waals surface area (Å²) >= 11 is 0. The van der Waals surface area contributed by atoms with Crippen molar-refractivity contribution in [2.75, 3.05) is 7.05 Å². The minimum atomic E-state index is -0.840. The highest BCUT2D eigenvalue weighted by molar-refractivity contribution is 5.41. The molecule has 1 N–H and O–H groups in total. The first-order valence-corrected chi connectivity index (χ1v) is 6.15. The van der Waals surface area contributed by atoms with E-state index in [0.717, 1.165) is 28.7 Å². The Bertz CT molecular complexity index is 604. The van der Waals surface area contributed by atoms with Gasteiger partial charge >= 0.3 is 0 Å². The number of hydrogen-bond acceptors (Lipinski definition) is 2. The number of aryl methyl sites for hydroxylation is 2. The monoisotopic (exact) mass is 265 g/mol. The van der Waals surface area contributed by atoms with Crippen LogP contribution >= 0.6 is 0 Å². The normalized spacial score (nSPS) is 12.7. The van der Waals surface area contributed by atoms with Crippen molar-refractivity contribution in [3.05, 3.63) is 58.0 Å². The van der Waals surface area contributed by atoms with Crippen molar-refractivity contribution < 1.29 is 13.2 Å². The lowest BCUT2D eigenvalue weighted by molar-refractivity contribution is 0.479. The lowest BCUT2D eigenvalue weighted by atomic mass is 9.95. The molecule has 0 bridgehead atoms. The first-order chi connectivity index (χ1) is 8.97. The van der Waals surface area contributed by atoms with E-state index in [1.807, 2.05) is 20.8 Å². The van der Waals surface area contributed by atoms with Gasteiger partial charge in [-0.15, -0.1) is 0 Å². The van der Waals surface area contributed by atoms with Gasteiger partial charge in [0, 0.05) is 11.1 Å². The molecule has 0 aliphatic heterocycles. The molecule has 0 radical (unpaired) electrons. The van der Waals surface area contributed by atoms with E-state index >= 15 is 0 Å². The highest BCUT2D eigenvalue weighted by Gasteiger charge is 2.24. The molecule has 1 aromatic heterocycles. The molecule has 2 nitrogen and oxygen atoms in total. The van der Waals surface area contributed by atoms with E-state index in [2.05, 4.69) is 5.32 Å². The predicted molar refractivity (Wildman–Crippen MR) is 70.2 cm³/mol. The van der Waals surface area contributed by atoms with E-state index in [1.54, 1.807) is 13.1 Å². The lowest BCUT2D eigenvalue weighted by Crippen LogP contribution is -2.20. The quantitative estimate of drug-likeness (QED) is 0.913. The molecular formula is C15H17F2NO. The van der Waals surface area contributed by atoms with Crippen molar-refractivity contribution >= 4 is 0 Å². The molecule has 0 spiro atoms. The Morgan fingerprint density at radius 3 is 2.32 bits per heavy atom. The molecule has 1 atom stereocenters. The Morgan fingerprint density at radius 2 is 1.79 bits per heavy atom. The van der Waals surface area contributed by atoms with Crippen LogP contribution in [0.2, 0.25) is 0 Å². The van der Waals surface area contributed by atoms with Crippen molar-refractivity contribution in [3.63, 3.8) is 0 Å². The van der Waals surface area contributed by atoms with E-state index in [9.17, 15) is 8.78 Å². The Kier molecular flexibility index (Phi) is 3.71. The van der Waals surface area contributed by atoms with Gasteiger partial charge in [0.15, 0.2) is 11.6 Å². The van der Waals surface area contributed by atoms with Crippen molar-refractivity contribution in [1.82, 2.24) is 5.32 Å². The van der Waals surface area contributed by atoms with Gasteiger partial charge in [-0.2, -0.15) is 0 Å². The maximum absolute atomic E-state index is 13.9. The minimum absolute atomic E-state index is 0.287. The zero-order chi connectivity index (χ0) is 14.2. The van der Waals surface area contributed by atoms with Gasteiger partial charge in [0.05, 0.1) is 6.04 Å². The van der Waals surface area contributed by atoms with Crippen molar-refractivity contribution in [3.8, 4) is 0 Å². The molecule has 0 amide bonds. The van der Waals surface area contributed by atoms with Gasteiger partial charge < -0.3 is 9.73 Å². The van der Waals surface area contributed by atoms with E-state index < -0.39 is 17.7 Å². The molecule has 102 valence electrons. The van der Waals surface area contributed by atoms with Crippen molar-refractivity contribution in [2.24, 2.45) is 0 Å². The largest absolute Gasteiger partial charge is 0.466 e. The van der Waals surface area contributed by atoms with E-state index in [-0.39, 0.29) is 5.56 Å². The molecule has 4 heteroatoms. The Hall–Kier alpha value is -1.68. The highest BCUT2D eigenvalue weighted by Crippen LogP contribution is 2.32. The number of rotatable bonds is 3. The van der Waals surface area contributed by atoms with Crippen LogP contribution in [-0.2, 0) is 0 Å². The molecule has 0 fully saturated rings. The van der Waals surface area contributed by atoms with Gasteiger partial charge in [-0.1, -0.05) is 12.1 Å². The van der Waals surface area contributed by atoms with Crippen LogP contribution in [0.1, 0.15) is 34.3 Å².